The number of hydrogen-bond donors (Lipinski definition) is 1. The molecule has 1 aromatic carbocycles. The third kappa shape index (κ3) is 3.57. The lowest BCUT2D eigenvalue weighted by Gasteiger charge is -2.24. The Labute approximate surface area is 114 Å². The molecular weight excluding hydrogens is 277 g/mol. The van der Waals surface area contributed by atoms with Gasteiger partial charge < -0.3 is 9.84 Å². The normalized spacial score (nSPS) is 18.6. The second-order valence-electron chi connectivity index (χ2n) is 4.68. The minimum absolute atomic E-state index is 0.269. The largest absolute Gasteiger partial charge is 0.573 e. The van der Waals surface area contributed by atoms with Gasteiger partial charge in [0.2, 0.25) is 0 Å². The summed E-state index contributed by atoms with van der Waals surface area (Å²) in [6.45, 7) is 0. The summed E-state index contributed by atoms with van der Waals surface area (Å²) in [5.74, 6) is -0.269. The van der Waals surface area contributed by atoms with E-state index in [9.17, 15) is 18.3 Å². The summed E-state index contributed by atoms with van der Waals surface area (Å²) in [6, 6.07) is 4.36. The van der Waals surface area contributed by atoms with E-state index in [1.165, 1.54) is 23.9 Å². The van der Waals surface area contributed by atoms with Crippen molar-refractivity contribution in [1.29, 1.82) is 0 Å². The van der Waals surface area contributed by atoms with Crippen molar-refractivity contribution in [3.63, 3.8) is 0 Å². The summed E-state index contributed by atoms with van der Waals surface area (Å²) >= 11 is 1.32. The van der Waals surface area contributed by atoms with Gasteiger partial charge in [-0.1, -0.05) is 12.8 Å². The van der Waals surface area contributed by atoms with Gasteiger partial charge in [-0.15, -0.1) is 24.9 Å². The van der Waals surface area contributed by atoms with Crippen molar-refractivity contribution < 1.29 is 23.0 Å². The van der Waals surface area contributed by atoms with E-state index in [4.69, 9.17) is 0 Å². The third-order valence-electron chi connectivity index (χ3n) is 3.32. The summed E-state index contributed by atoms with van der Waals surface area (Å²) in [6.07, 6.45) is -0.0146. The van der Waals surface area contributed by atoms with E-state index in [0.29, 0.717) is 23.3 Å². The van der Waals surface area contributed by atoms with Gasteiger partial charge in [0.15, 0.2) is 0 Å². The number of aliphatic hydroxyl groups is 1. The summed E-state index contributed by atoms with van der Waals surface area (Å²) in [4.78, 5) is 0.650. The molecule has 0 aromatic heterocycles. The molecule has 0 atom stereocenters. The molecule has 1 saturated carbocycles. The minimum atomic E-state index is -4.72. The maximum Gasteiger partial charge on any atom is 0.573 e. The van der Waals surface area contributed by atoms with Crippen LogP contribution >= 0.6 is 11.8 Å². The van der Waals surface area contributed by atoms with Crippen molar-refractivity contribution in [3.05, 3.63) is 23.8 Å². The average molecular weight is 292 g/mol. The Balaban J connectivity index is 2.36. The van der Waals surface area contributed by atoms with Crippen LogP contribution in [0, 0.1) is 0 Å². The molecular formula is C13H15F3O2S. The molecule has 1 aliphatic rings. The highest BCUT2D eigenvalue weighted by molar-refractivity contribution is 7.98. The van der Waals surface area contributed by atoms with E-state index in [2.05, 4.69) is 4.74 Å². The summed E-state index contributed by atoms with van der Waals surface area (Å²) in [5.41, 5.74) is -0.508. The molecule has 0 aliphatic heterocycles. The molecule has 0 radical (unpaired) electrons. The fourth-order valence-electron chi connectivity index (χ4n) is 2.40. The minimum Gasteiger partial charge on any atom is -0.406 e. The Hall–Kier alpha value is -0.880. The maximum atomic E-state index is 12.3. The second kappa shape index (κ2) is 5.25. The van der Waals surface area contributed by atoms with Gasteiger partial charge in [0.05, 0.1) is 5.60 Å². The summed E-state index contributed by atoms with van der Waals surface area (Å²) in [7, 11) is 0. The number of rotatable bonds is 3. The Morgan fingerprint density at radius 3 is 2.37 bits per heavy atom. The third-order valence-corrected chi connectivity index (χ3v) is 4.02. The molecule has 0 spiro atoms. The maximum absolute atomic E-state index is 12.3. The van der Waals surface area contributed by atoms with E-state index in [1.54, 1.807) is 12.3 Å². The SMILES string of the molecule is CSc1cc(OC(F)(F)F)cc(C2(O)CCCC2)c1. The molecule has 0 unspecified atom stereocenters. The molecule has 0 saturated heterocycles. The molecule has 2 rings (SSSR count). The lowest BCUT2D eigenvalue weighted by molar-refractivity contribution is -0.274. The highest BCUT2D eigenvalue weighted by atomic mass is 32.2. The summed E-state index contributed by atoms with van der Waals surface area (Å²) < 4.78 is 40.8. The van der Waals surface area contributed by atoms with Crippen LogP contribution in [0.1, 0.15) is 31.2 Å². The van der Waals surface area contributed by atoms with E-state index in [-0.39, 0.29) is 5.75 Å². The van der Waals surface area contributed by atoms with Gasteiger partial charge in [-0.2, -0.15) is 0 Å². The van der Waals surface area contributed by atoms with Crippen LogP contribution in [0.25, 0.3) is 0 Å². The highest BCUT2D eigenvalue weighted by Crippen LogP contribution is 2.41. The van der Waals surface area contributed by atoms with E-state index >= 15 is 0 Å². The van der Waals surface area contributed by atoms with Crippen molar-refractivity contribution in [3.8, 4) is 5.75 Å². The molecule has 0 amide bonds. The van der Waals surface area contributed by atoms with Gasteiger partial charge in [0.25, 0.3) is 0 Å². The number of thioether (sulfide) groups is 1. The predicted octanol–water partition coefficient (Wildman–Crippen LogP) is 4.07. The van der Waals surface area contributed by atoms with Crippen LogP contribution < -0.4 is 4.74 Å². The Kier molecular flexibility index (Phi) is 4.01. The quantitative estimate of drug-likeness (QED) is 0.852. The van der Waals surface area contributed by atoms with Crippen molar-refractivity contribution in [2.75, 3.05) is 6.26 Å². The second-order valence-corrected chi connectivity index (χ2v) is 5.56. The number of alkyl halides is 3. The smallest absolute Gasteiger partial charge is 0.406 e. The van der Waals surface area contributed by atoms with E-state index in [0.717, 1.165) is 12.8 Å². The Morgan fingerprint density at radius 1 is 1.21 bits per heavy atom. The molecule has 1 fully saturated rings. The molecule has 0 heterocycles. The predicted molar refractivity (Wildman–Crippen MR) is 67.3 cm³/mol. The molecule has 19 heavy (non-hydrogen) atoms. The zero-order chi connectivity index (χ0) is 14.1. The first-order valence-corrected chi connectivity index (χ1v) is 7.23. The van der Waals surface area contributed by atoms with Gasteiger partial charge in [0.1, 0.15) is 5.75 Å². The Bertz CT molecular complexity index is 454. The first kappa shape index (κ1) is 14.5. The zero-order valence-electron chi connectivity index (χ0n) is 10.5. The molecule has 106 valence electrons. The molecule has 0 bridgehead atoms. The van der Waals surface area contributed by atoms with Gasteiger partial charge in [-0.05, 0) is 42.9 Å². The molecule has 1 aromatic rings. The van der Waals surface area contributed by atoms with Crippen LogP contribution in [0.15, 0.2) is 23.1 Å². The lowest BCUT2D eigenvalue weighted by Crippen LogP contribution is -2.22. The van der Waals surface area contributed by atoms with Crippen LogP contribution in [0.3, 0.4) is 0 Å². The van der Waals surface area contributed by atoms with Crippen LogP contribution in [-0.2, 0) is 5.60 Å². The fourth-order valence-corrected chi connectivity index (χ4v) is 2.88. The van der Waals surface area contributed by atoms with Crippen molar-refractivity contribution in [2.24, 2.45) is 0 Å². The van der Waals surface area contributed by atoms with Gasteiger partial charge in [0, 0.05) is 4.90 Å². The van der Waals surface area contributed by atoms with Gasteiger partial charge in [-0.25, -0.2) is 0 Å². The fraction of sp³-hybridized carbons (Fsp3) is 0.538. The highest BCUT2D eigenvalue weighted by Gasteiger charge is 2.35. The standard InChI is InChI=1S/C13H15F3O2S/c1-19-11-7-9(12(17)4-2-3-5-12)6-10(8-11)18-13(14,15)16/h6-8,17H,2-5H2,1H3. The summed E-state index contributed by atoms with van der Waals surface area (Å²) in [5, 5.41) is 10.5. The zero-order valence-corrected chi connectivity index (χ0v) is 11.3. The number of hydrogen-bond acceptors (Lipinski definition) is 3. The average Bonchev–Trinajstić information content (AvgIpc) is 2.75. The van der Waals surface area contributed by atoms with Crippen molar-refractivity contribution >= 4 is 11.8 Å². The molecule has 1 aliphatic carbocycles. The van der Waals surface area contributed by atoms with Crippen molar-refractivity contribution in [1.82, 2.24) is 0 Å². The first-order chi connectivity index (χ1) is 8.82. The number of benzene rings is 1. The van der Waals surface area contributed by atoms with Gasteiger partial charge in [-0.3, -0.25) is 0 Å². The van der Waals surface area contributed by atoms with Crippen LogP contribution in [0.5, 0.6) is 5.75 Å². The van der Waals surface area contributed by atoms with Crippen LogP contribution in [0.2, 0.25) is 0 Å². The molecule has 2 nitrogen and oxygen atoms in total. The molecule has 6 heteroatoms. The lowest BCUT2D eigenvalue weighted by atomic mass is 9.92. The molecule has 1 N–H and O–H groups in total. The number of halogens is 3. The van der Waals surface area contributed by atoms with Gasteiger partial charge >= 0.3 is 6.36 Å². The monoisotopic (exact) mass is 292 g/mol. The van der Waals surface area contributed by atoms with E-state index in [1.807, 2.05) is 0 Å². The van der Waals surface area contributed by atoms with Crippen LogP contribution in [-0.4, -0.2) is 17.7 Å². The Morgan fingerprint density at radius 2 is 1.84 bits per heavy atom. The number of ether oxygens (including phenoxy) is 1. The van der Waals surface area contributed by atoms with Crippen molar-refractivity contribution in [2.45, 2.75) is 42.5 Å². The van der Waals surface area contributed by atoms with E-state index < -0.39 is 12.0 Å². The first-order valence-electron chi connectivity index (χ1n) is 6.00. The topological polar surface area (TPSA) is 29.5 Å². The van der Waals surface area contributed by atoms with Crippen LogP contribution in [0.4, 0.5) is 13.2 Å².